The van der Waals surface area contributed by atoms with Crippen LogP contribution >= 0.6 is 11.6 Å². The lowest BCUT2D eigenvalue weighted by molar-refractivity contribution is 0.543. The van der Waals surface area contributed by atoms with E-state index in [0.29, 0.717) is 5.38 Å². The molecule has 2 heteroatoms. The van der Waals surface area contributed by atoms with Gasteiger partial charge in [-0.15, -0.1) is 11.6 Å². The maximum Gasteiger partial charge on any atom is 0.0458 e. The van der Waals surface area contributed by atoms with E-state index in [4.69, 9.17) is 11.6 Å². The first-order valence-corrected chi connectivity index (χ1v) is 4.45. The number of halogens is 1. The van der Waals surface area contributed by atoms with E-state index in [2.05, 4.69) is 26.1 Å². The third-order valence-electron chi connectivity index (χ3n) is 1.36. The number of rotatable bonds is 5. The summed E-state index contributed by atoms with van der Waals surface area (Å²) in [5.41, 5.74) is 0. The van der Waals surface area contributed by atoms with Gasteiger partial charge < -0.3 is 5.32 Å². The van der Waals surface area contributed by atoms with Crippen LogP contribution < -0.4 is 5.32 Å². The van der Waals surface area contributed by atoms with Gasteiger partial charge in [-0.05, 0) is 18.9 Å². The van der Waals surface area contributed by atoms with E-state index in [-0.39, 0.29) is 0 Å². The average Bonchev–Trinajstić information content (AvgIpc) is 1.87. The summed E-state index contributed by atoms with van der Waals surface area (Å²) in [6.45, 7) is 8.51. The summed E-state index contributed by atoms with van der Waals surface area (Å²) in [4.78, 5) is 0. The van der Waals surface area contributed by atoms with Gasteiger partial charge in [0.05, 0.1) is 0 Å². The van der Waals surface area contributed by atoms with E-state index >= 15 is 0 Å². The molecule has 0 aliphatic heterocycles. The van der Waals surface area contributed by atoms with Gasteiger partial charge in [0.2, 0.25) is 0 Å². The summed E-state index contributed by atoms with van der Waals surface area (Å²) >= 11 is 5.89. The standard InChI is InChI=1S/C8H18ClN/c1-4-8(9)6-10-5-7(2)3/h7-8,10H,4-6H2,1-3H3. The highest BCUT2D eigenvalue weighted by Crippen LogP contribution is 1.98. The summed E-state index contributed by atoms with van der Waals surface area (Å²) in [7, 11) is 0. The Morgan fingerprint density at radius 1 is 1.30 bits per heavy atom. The van der Waals surface area contributed by atoms with Crippen molar-refractivity contribution in [2.45, 2.75) is 32.6 Å². The van der Waals surface area contributed by atoms with E-state index in [0.717, 1.165) is 25.4 Å². The maximum atomic E-state index is 5.89. The molecular formula is C8H18ClN. The van der Waals surface area contributed by atoms with Crippen LogP contribution in [0.15, 0.2) is 0 Å². The van der Waals surface area contributed by atoms with Crippen molar-refractivity contribution in [3.05, 3.63) is 0 Å². The smallest absolute Gasteiger partial charge is 0.0458 e. The van der Waals surface area contributed by atoms with Crippen molar-refractivity contribution in [3.63, 3.8) is 0 Å². The predicted octanol–water partition coefficient (Wildman–Crippen LogP) is 2.25. The fraction of sp³-hybridized carbons (Fsp3) is 1.00. The van der Waals surface area contributed by atoms with Crippen molar-refractivity contribution in [3.8, 4) is 0 Å². The molecule has 0 aromatic heterocycles. The summed E-state index contributed by atoms with van der Waals surface area (Å²) < 4.78 is 0. The Labute approximate surface area is 69.1 Å². The Kier molecular flexibility index (Phi) is 6.14. The molecule has 10 heavy (non-hydrogen) atoms. The first-order valence-electron chi connectivity index (χ1n) is 4.01. The Morgan fingerprint density at radius 3 is 2.30 bits per heavy atom. The second-order valence-corrected chi connectivity index (χ2v) is 3.67. The molecule has 0 aromatic rings. The average molecular weight is 164 g/mol. The molecule has 0 aliphatic carbocycles. The molecule has 62 valence electrons. The molecular weight excluding hydrogens is 146 g/mol. The predicted molar refractivity (Wildman–Crippen MR) is 47.6 cm³/mol. The summed E-state index contributed by atoms with van der Waals surface area (Å²) in [5, 5.41) is 3.61. The van der Waals surface area contributed by atoms with Crippen molar-refractivity contribution in [1.82, 2.24) is 5.32 Å². The van der Waals surface area contributed by atoms with Crippen LogP contribution in [0.3, 0.4) is 0 Å². The Bertz CT molecular complexity index is 73.7. The lowest BCUT2D eigenvalue weighted by Gasteiger charge is -2.09. The van der Waals surface area contributed by atoms with E-state index in [1.807, 2.05) is 0 Å². The summed E-state index contributed by atoms with van der Waals surface area (Å²) in [6.07, 6.45) is 1.05. The van der Waals surface area contributed by atoms with E-state index in [1.54, 1.807) is 0 Å². The molecule has 1 nitrogen and oxygen atoms in total. The molecule has 0 aliphatic rings. The molecule has 0 heterocycles. The van der Waals surface area contributed by atoms with Crippen LogP contribution in [-0.2, 0) is 0 Å². The van der Waals surface area contributed by atoms with Crippen LogP contribution in [0.1, 0.15) is 27.2 Å². The van der Waals surface area contributed by atoms with Crippen LogP contribution in [0.2, 0.25) is 0 Å². The maximum absolute atomic E-state index is 5.89. The quantitative estimate of drug-likeness (QED) is 0.614. The van der Waals surface area contributed by atoms with Crippen LogP contribution in [0.4, 0.5) is 0 Å². The third-order valence-corrected chi connectivity index (χ3v) is 1.82. The highest BCUT2D eigenvalue weighted by Gasteiger charge is 1.99. The Morgan fingerprint density at radius 2 is 1.90 bits per heavy atom. The molecule has 0 spiro atoms. The zero-order chi connectivity index (χ0) is 7.98. The minimum Gasteiger partial charge on any atom is -0.315 e. The summed E-state index contributed by atoms with van der Waals surface area (Å²) in [5.74, 6) is 0.723. The lowest BCUT2D eigenvalue weighted by atomic mass is 10.2. The largest absolute Gasteiger partial charge is 0.315 e. The first-order chi connectivity index (χ1) is 4.66. The minimum atomic E-state index is 0.304. The van der Waals surface area contributed by atoms with Crippen LogP contribution in [-0.4, -0.2) is 18.5 Å². The number of alkyl halides is 1. The summed E-state index contributed by atoms with van der Waals surface area (Å²) in [6, 6.07) is 0. The van der Waals surface area contributed by atoms with Crippen molar-refractivity contribution in [2.24, 2.45) is 5.92 Å². The first kappa shape index (κ1) is 10.2. The topological polar surface area (TPSA) is 12.0 Å². The SMILES string of the molecule is CCC(Cl)CNCC(C)C. The Balaban J connectivity index is 3.03. The second-order valence-electron chi connectivity index (χ2n) is 3.06. The van der Waals surface area contributed by atoms with Crippen molar-refractivity contribution >= 4 is 11.6 Å². The molecule has 0 fully saturated rings. The minimum absolute atomic E-state index is 0.304. The lowest BCUT2D eigenvalue weighted by Crippen LogP contribution is -2.26. The molecule has 0 radical (unpaired) electrons. The monoisotopic (exact) mass is 163 g/mol. The van der Waals surface area contributed by atoms with Gasteiger partial charge in [0, 0.05) is 11.9 Å². The van der Waals surface area contributed by atoms with Crippen LogP contribution in [0, 0.1) is 5.92 Å². The van der Waals surface area contributed by atoms with Crippen molar-refractivity contribution < 1.29 is 0 Å². The normalized spacial score (nSPS) is 14.1. The highest BCUT2D eigenvalue weighted by atomic mass is 35.5. The molecule has 0 bridgehead atoms. The number of hydrogen-bond acceptors (Lipinski definition) is 1. The van der Waals surface area contributed by atoms with Gasteiger partial charge in [0.25, 0.3) is 0 Å². The van der Waals surface area contributed by atoms with Gasteiger partial charge in [-0.1, -0.05) is 20.8 Å². The molecule has 1 N–H and O–H groups in total. The van der Waals surface area contributed by atoms with Crippen molar-refractivity contribution in [1.29, 1.82) is 0 Å². The van der Waals surface area contributed by atoms with Crippen molar-refractivity contribution in [2.75, 3.05) is 13.1 Å². The highest BCUT2D eigenvalue weighted by molar-refractivity contribution is 6.20. The van der Waals surface area contributed by atoms with Gasteiger partial charge in [-0.2, -0.15) is 0 Å². The van der Waals surface area contributed by atoms with Crippen LogP contribution in [0.25, 0.3) is 0 Å². The zero-order valence-corrected chi connectivity index (χ0v) is 7.91. The fourth-order valence-electron chi connectivity index (χ4n) is 0.673. The van der Waals surface area contributed by atoms with Gasteiger partial charge in [-0.25, -0.2) is 0 Å². The van der Waals surface area contributed by atoms with Gasteiger partial charge >= 0.3 is 0 Å². The van der Waals surface area contributed by atoms with Crippen LogP contribution in [0.5, 0.6) is 0 Å². The Hall–Kier alpha value is 0.250. The van der Waals surface area contributed by atoms with E-state index in [9.17, 15) is 0 Å². The molecule has 0 aromatic carbocycles. The van der Waals surface area contributed by atoms with Gasteiger partial charge in [-0.3, -0.25) is 0 Å². The molecule has 0 saturated carbocycles. The van der Waals surface area contributed by atoms with E-state index < -0.39 is 0 Å². The zero-order valence-electron chi connectivity index (χ0n) is 7.15. The second kappa shape index (κ2) is 5.99. The number of hydrogen-bond donors (Lipinski definition) is 1. The van der Waals surface area contributed by atoms with E-state index in [1.165, 1.54) is 0 Å². The molecule has 1 unspecified atom stereocenters. The fourth-order valence-corrected chi connectivity index (χ4v) is 0.782. The molecule has 0 rings (SSSR count). The molecule has 0 amide bonds. The van der Waals surface area contributed by atoms with Gasteiger partial charge in [0.15, 0.2) is 0 Å². The molecule has 1 atom stereocenters. The number of nitrogens with one attached hydrogen (secondary N) is 1. The van der Waals surface area contributed by atoms with Gasteiger partial charge in [0.1, 0.15) is 0 Å². The molecule has 0 saturated heterocycles. The third kappa shape index (κ3) is 6.37.